The number of fused-ring (bicyclic) bond motifs is 1. The summed E-state index contributed by atoms with van der Waals surface area (Å²) in [5.74, 6) is -0.682. The first-order valence-electron chi connectivity index (χ1n) is 5.68. The third-order valence-electron chi connectivity index (χ3n) is 3.20. The van der Waals surface area contributed by atoms with Crippen molar-refractivity contribution in [1.29, 1.82) is 0 Å². The van der Waals surface area contributed by atoms with E-state index < -0.39 is 16.2 Å². The van der Waals surface area contributed by atoms with Crippen LogP contribution in [0.4, 0.5) is 5.82 Å². The number of nitrogens with zero attached hydrogens (tertiary/aromatic N) is 2. The number of carbonyl (C=O) groups is 1. The molecular weight excluding hydrogens is 246 g/mol. The largest absolute Gasteiger partial charge is 0.369 e. The summed E-state index contributed by atoms with van der Waals surface area (Å²) in [5.41, 5.74) is 5.66. The van der Waals surface area contributed by atoms with Crippen molar-refractivity contribution in [3.05, 3.63) is 46.0 Å². The minimum atomic E-state index is -0.847. The van der Waals surface area contributed by atoms with E-state index in [9.17, 15) is 14.9 Å². The highest BCUT2D eigenvalue weighted by Crippen LogP contribution is 2.26. The fourth-order valence-corrected chi connectivity index (χ4v) is 1.74. The zero-order valence-corrected chi connectivity index (χ0v) is 10.6. The molecule has 0 spiro atoms. The van der Waals surface area contributed by atoms with E-state index in [4.69, 9.17) is 5.73 Å². The predicted octanol–water partition coefficient (Wildman–Crippen LogP) is 1.91. The van der Waals surface area contributed by atoms with E-state index in [0.29, 0.717) is 11.1 Å². The van der Waals surface area contributed by atoms with Crippen molar-refractivity contribution in [3.8, 4) is 0 Å². The minimum Gasteiger partial charge on any atom is -0.369 e. The molecule has 0 saturated carbocycles. The molecule has 2 N–H and O–H groups in total. The molecule has 98 valence electrons. The van der Waals surface area contributed by atoms with Gasteiger partial charge < -0.3 is 15.8 Å². The second-order valence-electron chi connectivity index (χ2n) is 4.82. The Morgan fingerprint density at radius 2 is 1.95 bits per heavy atom. The van der Waals surface area contributed by atoms with Crippen molar-refractivity contribution in [3.63, 3.8) is 0 Å². The van der Waals surface area contributed by atoms with E-state index >= 15 is 0 Å². The highest BCUT2D eigenvalue weighted by atomic mass is 16.6. The SMILES string of the molecule is CC(C)(C(N)=O)c1ccc2ccc([N+](=O)[O-])nc2c1. The van der Waals surface area contributed by atoms with E-state index in [-0.39, 0.29) is 5.82 Å². The van der Waals surface area contributed by atoms with Crippen LogP contribution in [0.25, 0.3) is 10.9 Å². The maximum absolute atomic E-state index is 11.4. The molecule has 1 aromatic carbocycles. The van der Waals surface area contributed by atoms with Gasteiger partial charge in [-0.1, -0.05) is 12.1 Å². The number of amides is 1. The van der Waals surface area contributed by atoms with Crippen LogP contribution >= 0.6 is 0 Å². The molecule has 0 aliphatic rings. The number of nitro groups is 1. The number of primary amides is 1. The first-order chi connectivity index (χ1) is 8.82. The maximum Gasteiger partial charge on any atom is 0.364 e. The molecule has 0 bridgehead atoms. The summed E-state index contributed by atoms with van der Waals surface area (Å²) in [7, 11) is 0. The molecule has 0 aliphatic heterocycles. The van der Waals surface area contributed by atoms with Crippen molar-refractivity contribution in [2.24, 2.45) is 5.73 Å². The normalized spacial score (nSPS) is 11.5. The van der Waals surface area contributed by atoms with Crippen LogP contribution in [0.15, 0.2) is 30.3 Å². The summed E-state index contributed by atoms with van der Waals surface area (Å²) in [6.45, 7) is 3.40. The van der Waals surface area contributed by atoms with Crippen LogP contribution in [0.3, 0.4) is 0 Å². The van der Waals surface area contributed by atoms with Crippen LogP contribution in [-0.2, 0) is 10.2 Å². The monoisotopic (exact) mass is 259 g/mol. The maximum atomic E-state index is 11.4. The summed E-state index contributed by atoms with van der Waals surface area (Å²) < 4.78 is 0. The third-order valence-corrected chi connectivity index (χ3v) is 3.20. The topological polar surface area (TPSA) is 99.1 Å². The lowest BCUT2D eigenvalue weighted by atomic mass is 9.83. The number of nitrogens with two attached hydrogens (primary N) is 1. The lowest BCUT2D eigenvalue weighted by Crippen LogP contribution is -2.35. The standard InChI is InChI=1S/C13H13N3O3/c1-13(2,12(14)17)9-5-3-8-4-6-11(16(18)19)15-10(8)7-9/h3-7H,1-2H3,(H2,14,17). The molecule has 0 radical (unpaired) electrons. The molecule has 6 nitrogen and oxygen atoms in total. The van der Waals surface area contributed by atoms with E-state index in [1.165, 1.54) is 6.07 Å². The minimum absolute atomic E-state index is 0.221. The predicted molar refractivity (Wildman–Crippen MR) is 70.6 cm³/mol. The van der Waals surface area contributed by atoms with E-state index in [1.807, 2.05) is 0 Å². The van der Waals surface area contributed by atoms with Gasteiger partial charge in [0.05, 0.1) is 5.41 Å². The lowest BCUT2D eigenvalue weighted by Gasteiger charge is -2.20. The Hall–Kier alpha value is -2.50. The van der Waals surface area contributed by atoms with Gasteiger partial charge in [-0.25, -0.2) is 0 Å². The van der Waals surface area contributed by atoms with Gasteiger partial charge in [0.2, 0.25) is 5.91 Å². The fraction of sp³-hybridized carbons (Fsp3) is 0.231. The average Bonchev–Trinajstić information content (AvgIpc) is 2.37. The molecule has 19 heavy (non-hydrogen) atoms. The Morgan fingerprint density at radius 1 is 1.32 bits per heavy atom. The van der Waals surface area contributed by atoms with Crippen LogP contribution < -0.4 is 5.73 Å². The summed E-state index contributed by atoms with van der Waals surface area (Å²) in [4.78, 5) is 25.5. The van der Waals surface area contributed by atoms with Crippen LogP contribution in [0, 0.1) is 10.1 Å². The summed E-state index contributed by atoms with van der Waals surface area (Å²) in [6.07, 6.45) is 0. The van der Waals surface area contributed by atoms with Crippen molar-refractivity contribution >= 4 is 22.6 Å². The first-order valence-corrected chi connectivity index (χ1v) is 5.68. The average molecular weight is 259 g/mol. The number of aromatic nitrogens is 1. The zero-order chi connectivity index (χ0) is 14.2. The molecule has 2 rings (SSSR count). The van der Waals surface area contributed by atoms with Gasteiger partial charge in [-0.3, -0.25) is 4.79 Å². The second kappa shape index (κ2) is 4.31. The van der Waals surface area contributed by atoms with Crippen molar-refractivity contribution in [2.45, 2.75) is 19.3 Å². The van der Waals surface area contributed by atoms with Crippen molar-refractivity contribution in [1.82, 2.24) is 4.98 Å². The molecule has 2 aromatic rings. The van der Waals surface area contributed by atoms with Gasteiger partial charge in [-0.15, -0.1) is 0 Å². The van der Waals surface area contributed by atoms with Gasteiger partial charge in [0.1, 0.15) is 0 Å². The Bertz CT molecular complexity index is 680. The molecule has 6 heteroatoms. The number of hydrogen-bond donors (Lipinski definition) is 1. The van der Waals surface area contributed by atoms with Gasteiger partial charge in [0, 0.05) is 11.5 Å². The summed E-state index contributed by atoms with van der Waals surface area (Å²) in [6, 6.07) is 8.18. The van der Waals surface area contributed by atoms with Crippen LogP contribution in [0.2, 0.25) is 0 Å². The summed E-state index contributed by atoms with van der Waals surface area (Å²) >= 11 is 0. The fourth-order valence-electron chi connectivity index (χ4n) is 1.74. The Kier molecular flexibility index (Phi) is 2.94. The van der Waals surface area contributed by atoms with Crippen molar-refractivity contribution < 1.29 is 9.72 Å². The molecule has 1 aromatic heterocycles. The zero-order valence-electron chi connectivity index (χ0n) is 10.6. The Balaban J connectivity index is 2.62. The van der Waals surface area contributed by atoms with Crippen molar-refractivity contribution in [2.75, 3.05) is 0 Å². The van der Waals surface area contributed by atoms with Gasteiger partial charge >= 0.3 is 5.82 Å². The number of carbonyl (C=O) groups excluding carboxylic acids is 1. The molecule has 0 atom stereocenters. The number of pyridine rings is 1. The molecule has 1 heterocycles. The van der Waals surface area contributed by atoms with Crippen LogP contribution in [-0.4, -0.2) is 15.8 Å². The van der Waals surface area contributed by atoms with Gasteiger partial charge in [0.15, 0.2) is 5.52 Å². The Morgan fingerprint density at radius 3 is 2.53 bits per heavy atom. The molecule has 0 unspecified atom stereocenters. The molecule has 0 fully saturated rings. The van der Waals surface area contributed by atoms with Gasteiger partial charge in [-0.05, 0) is 41.5 Å². The second-order valence-corrected chi connectivity index (χ2v) is 4.82. The molecule has 0 aliphatic carbocycles. The molecule has 0 saturated heterocycles. The highest BCUT2D eigenvalue weighted by Gasteiger charge is 2.28. The van der Waals surface area contributed by atoms with E-state index in [1.54, 1.807) is 38.1 Å². The third kappa shape index (κ3) is 2.24. The lowest BCUT2D eigenvalue weighted by molar-refractivity contribution is -0.389. The van der Waals surface area contributed by atoms with Gasteiger partial charge in [0.25, 0.3) is 0 Å². The number of hydrogen-bond acceptors (Lipinski definition) is 4. The van der Waals surface area contributed by atoms with Crippen LogP contribution in [0.5, 0.6) is 0 Å². The van der Waals surface area contributed by atoms with Crippen LogP contribution in [0.1, 0.15) is 19.4 Å². The highest BCUT2D eigenvalue weighted by molar-refractivity contribution is 5.88. The van der Waals surface area contributed by atoms with E-state index in [2.05, 4.69) is 4.98 Å². The van der Waals surface area contributed by atoms with Gasteiger partial charge in [-0.2, -0.15) is 0 Å². The van der Waals surface area contributed by atoms with E-state index in [0.717, 1.165) is 5.39 Å². The molecule has 1 amide bonds. The molecular formula is C13H13N3O3. The quantitative estimate of drug-likeness (QED) is 0.672. The Labute approximate surface area is 109 Å². The summed E-state index contributed by atoms with van der Waals surface area (Å²) in [5, 5.41) is 11.5. The number of rotatable bonds is 3. The smallest absolute Gasteiger partial charge is 0.364 e. The first kappa shape index (κ1) is 12.9. The number of benzene rings is 1.